The van der Waals surface area contributed by atoms with Gasteiger partial charge in [0.2, 0.25) is 0 Å². The third-order valence-corrected chi connectivity index (χ3v) is 2.09. The van der Waals surface area contributed by atoms with Crippen molar-refractivity contribution < 1.29 is 128 Å². The van der Waals surface area contributed by atoms with E-state index >= 15 is 0 Å². The summed E-state index contributed by atoms with van der Waals surface area (Å²) in [6, 6.07) is 0. The van der Waals surface area contributed by atoms with Crippen molar-refractivity contribution in [1.82, 2.24) is 0 Å². The van der Waals surface area contributed by atoms with Gasteiger partial charge in [-0.3, -0.25) is 0 Å². The van der Waals surface area contributed by atoms with Gasteiger partial charge in [-0.05, 0) is 0 Å². The summed E-state index contributed by atoms with van der Waals surface area (Å²) in [5.41, 5.74) is -1.11. The summed E-state index contributed by atoms with van der Waals surface area (Å²) in [7, 11) is -4.05. The van der Waals surface area contributed by atoms with Crippen LogP contribution in [-0.2, 0) is 4.43 Å². The van der Waals surface area contributed by atoms with Crippen LogP contribution in [0.5, 0.6) is 0 Å². The van der Waals surface area contributed by atoms with E-state index in [0.717, 1.165) is 7.11 Å². The molecule has 0 atom stereocenters. The van der Waals surface area contributed by atoms with Crippen LogP contribution in [0, 0.1) is 5.41 Å². The molecule has 0 spiro atoms. The third-order valence-electron chi connectivity index (χ3n) is 1.59. The molecule has 0 aliphatic rings. The van der Waals surface area contributed by atoms with Gasteiger partial charge in [-0.25, -0.2) is 0 Å². The summed E-state index contributed by atoms with van der Waals surface area (Å²) in [4.78, 5) is 27.8. The molecule has 0 bridgehead atoms. The topological polar surface area (TPSA) is 159 Å². The number of rotatable bonds is 5. The molecule has 8 nitrogen and oxygen atoms in total. The second-order valence-electron chi connectivity index (χ2n) is 2.84. The Kier molecular flexibility index (Phi) is 32.6. The molecule has 0 aromatic rings. The summed E-state index contributed by atoms with van der Waals surface area (Å²) >= 11 is 0. The van der Waals surface area contributed by atoms with Gasteiger partial charge in [0.1, 0.15) is 0 Å². The van der Waals surface area contributed by atoms with Gasteiger partial charge in [-0.15, -0.1) is 9.05 Å². The summed E-state index contributed by atoms with van der Waals surface area (Å²) < 4.78 is 3.41. The molecule has 4 N–H and O–H groups in total. The van der Waals surface area contributed by atoms with Gasteiger partial charge in [0.05, 0.1) is 31.8 Å². The first kappa shape index (κ1) is 32.7. The standard InChI is InChI=1S/C5H12O4.CH3O4Si.3Na/c6-1-5(2-7,3-8)4-9;1-5-6(2,3)4;;;/h6-9H,1-4H2;1H3;;;/q;-3;3*+1. The van der Waals surface area contributed by atoms with Crippen LogP contribution in [0.15, 0.2) is 0 Å². The third kappa shape index (κ3) is 18.9. The Morgan fingerprint density at radius 2 is 1.00 bits per heavy atom. The van der Waals surface area contributed by atoms with Gasteiger partial charge in [0.25, 0.3) is 0 Å². The molecule has 0 saturated heterocycles. The first-order chi connectivity index (χ1) is 6.80. The van der Waals surface area contributed by atoms with Gasteiger partial charge in [-0.2, -0.15) is 0 Å². The van der Waals surface area contributed by atoms with Crippen LogP contribution < -0.4 is 103 Å². The van der Waals surface area contributed by atoms with Crippen LogP contribution in [0.1, 0.15) is 0 Å². The Labute approximate surface area is 173 Å². The summed E-state index contributed by atoms with van der Waals surface area (Å²) in [5, 5.41) is 34.0. The maximum absolute atomic E-state index is 9.28. The summed E-state index contributed by atoms with van der Waals surface area (Å²) in [6.45, 7) is -1.62. The molecule has 0 aromatic heterocycles. The van der Waals surface area contributed by atoms with Crippen LogP contribution >= 0.6 is 0 Å². The zero-order valence-electron chi connectivity index (χ0n) is 11.3. The van der Waals surface area contributed by atoms with Gasteiger partial charge in [-0.1, -0.05) is 0 Å². The Balaban J connectivity index is -0.0000000566. The van der Waals surface area contributed by atoms with Crippen LogP contribution in [-0.4, -0.2) is 63.0 Å². The molecule has 0 aromatic carbocycles. The van der Waals surface area contributed by atoms with E-state index in [2.05, 4.69) is 4.43 Å². The predicted octanol–water partition coefficient (Wildman–Crippen LogP) is -14.9. The van der Waals surface area contributed by atoms with Crippen molar-refractivity contribution in [3.8, 4) is 0 Å². The number of hydrogen-bond donors (Lipinski definition) is 4. The van der Waals surface area contributed by atoms with Crippen molar-refractivity contribution >= 4 is 9.05 Å². The fourth-order valence-corrected chi connectivity index (χ4v) is 0.300. The molecule has 0 unspecified atom stereocenters. The molecule has 0 aliphatic heterocycles. The average Bonchev–Trinajstić information content (AvgIpc) is 2.22. The van der Waals surface area contributed by atoms with Gasteiger partial charge >= 0.3 is 88.7 Å². The second-order valence-corrected chi connectivity index (χ2v) is 4.24. The smallest absolute Gasteiger partial charge is 0.861 e. The molecular formula is C6H15Na3O8Si. The van der Waals surface area contributed by atoms with E-state index in [0.29, 0.717) is 0 Å². The first-order valence-corrected chi connectivity index (χ1v) is 5.54. The summed E-state index contributed by atoms with van der Waals surface area (Å²) in [5.74, 6) is 0. The number of aliphatic hydroxyl groups excluding tert-OH is 4. The Bertz CT molecular complexity index is 137. The van der Waals surface area contributed by atoms with Crippen molar-refractivity contribution in [1.29, 1.82) is 0 Å². The Morgan fingerprint density at radius 1 is 0.833 bits per heavy atom. The van der Waals surface area contributed by atoms with E-state index in [1.165, 1.54) is 0 Å². The molecule has 0 radical (unpaired) electrons. The maximum atomic E-state index is 9.28. The quantitative estimate of drug-likeness (QED) is 0.364. The Hall–Kier alpha value is 2.90. The van der Waals surface area contributed by atoms with Crippen molar-refractivity contribution in [3.63, 3.8) is 0 Å². The van der Waals surface area contributed by atoms with Crippen molar-refractivity contribution in [2.45, 2.75) is 0 Å². The second kappa shape index (κ2) is 17.9. The molecule has 94 valence electrons. The number of aliphatic hydroxyl groups is 4. The van der Waals surface area contributed by atoms with E-state index in [1.54, 1.807) is 0 Å². The van der Waals surface area contributed by atoms with Crippen LogP contribution in [0.4, 0.5) is 0 Å². The van der Waals surface area contributed by atoms with Gasteiger partial charge in [0, 0.05) is 7.11 Å². The minimum atomic E-state index is -4.88. The predicted molar refractivity (Wildman–Crippen MR) is 43.5 cm³/mol. The largest absolute Gasteiger partial charge is 1.00 e. The van der Waals surface area contributed by atoms with Crippen molar-refractivity contribution in [2.24, 2.45) is 5.41 Å². The van der Waals surface area contributed by atoms with E-state index in [9.17, 15) is 14.4 Å². The van der Waals surface area contributed by atoms with Gasteiger partial charge < -0.3 is 39.2 Å². The van der Waals surface area contributed by atoms with Crippen molar-refractivity contribution in [2.75, 3.05) is 33.5 Å². The van der Waals surface area contributed by atoms with E-state index < -0.39 is 40.9 Å². The monoisotopic (exact) mass is 312 g/mol. The fraction of sp³-hybridized carbons (Fsp3) is 1.00. The zero-order valence-corrected chi connectivity index (χ0v) is 18.3. The molecule has 18 heavy (non-hydrogen) atoms. The van der Waals surface area contributed by atoms with Gasteiger partial charge in [0.15, 0.2) is 0 Å². The normalized spacial score (nSPS) is 10.0. The zero-order chi connectivity index (χ0) is 12.5. The molecule has 0 fully saturated rings. The molecule has 12 heteroatoms. The SMILES string of the molecule is CO[Si]([O-])([O-])[O-].OCC(CO)(CO)CO.[Na+].[Na+].[Na+]. The molecule has 0 saturated carbocycles. The fourth-order valence-electron chi connectivity index (χ4n) is 0.300. The summed E-state index contributed by atoms with van der Waals surface area (Å²) in [6.07, 6.45) is 0. The first-order valence-electron chi connectivity index (χ1n) is 3.90. The van der Waals surface area contributed by atoms with Crippen molar-refractivity contribution in [3.05, 3.63) is 0 Å². The molecule has 0 aliphatic carbocycles. The average molecular weight is 312 g/mol. The minimum Gasteiger partial charge on any atom is -0.861 e. The molecule has 0 rings (SSSR count). The van der Waals surface area contributed by atoms with Crippen LogP contribution in [0.3, 0.4) is 0 Å². The van der Waals surface area contributed by atoms with E-state index in [-0.39, 0.29) is 88.7 Å². The number of hydrogen-bond acceptors (Lipinski definition) is 8. The molecule has 0 amide bonds. The van der Waals surface area contributed by atoms with E-state index in [4.69, 9.17) is 20.4 Å². The molecular weight excluding hydrogens is 297 g/mol. The van der Waals surface area contributed by atoms with E-state index in [1.807, 2.05) is 0 Å². The Morgan fingerprint density at radius 3 is 1.00 bits per heavy atom. The minimum absolute atomic E-state index is 0. The molecule has 0 heterocycles. The van der Waals surface area contributed by atoms with Crippen LogP contribution in [0.2, 0.25) is 0 Å². The van der Waals surface area contributed by atoms with Crippen LogP contribution in [0.25, 0.3) is 0 Å². The maximum Gasteiger partial charge on any atom is 1.00 e.